The monoisotopic (exact) mass is 449 g/mol. The Kier molecular flexibility index (Phi) is 6.53. The van der Waals surface area contributed by atoms with Crippen molar-refractivity contribution < 1.29 is 27.4 Å². The van der Waals surface area contributed by atoms with Crippen LogP contribution in [0.5, 0.6) is 17.2 Å². The summed E-state index contributed by atoms with van der Waals surface area (Å²) >= 11 is 0.984. The van der Waals surface area contributed by atoms with E-state index in [4.69, 9.17) is 14.2 Å². The molecule has 1 N–H and O–H groups in total. The molecule has 0 bridgehead atoms. The molecule has 0 atom stereocenters. The maximum atomic E-state index is 12.6. The molecule has 158 valence electrons. The van der Waals surface area contributed by atoms with Crippen LogP contribution in [0.1, 0.15) is 15.4 Å². The van der Waals surface area contributed by atoms with Gasteiger partial charge in [0.25, 0.3) is 5.91 Å². The number of sulfone groups is 1. The Morgan fingerprint density at radius 3 is 2.20 bits per heavy atom. The zero-order valence-electron chi connectivity index (χ0n) is 16.4. The molecule has 0 unspecified atom stereocenters. The quantitative estimate of drug-likeness (QED) is 0.558. The number of amides is 1. The van der Waals surface area contributed by atoms with Gasteiger partial charge in [-0.1, -0.05) is 29.5 Å². The van der Waals surface area contributed by atoms with Crippen LogP contribution in [0.15, 0.2) is 47.4 Å². The van der Waals surface area contributed by atoms with Crippen molar-refractivity contribution in [1.29, 1.82) is 0 Å². The third kappa shape index (κ3) is 4.69. The van der Waals surface area contributed by atoms with Gasteiger partial charge in [0.2, 0.25) is 10.9 Å². The Bertz CT molecular complexity index is 1120. The van der Waals surface area contributed by atoms with Gasteiger partial charge in [0, 0.05) is 5.56 Å². The minimum atomic E-state index is -3.56. The van der Waals surface area contributed by atoms with Gasteiger partial charge in [-0.3, -0.25) is 10.1 Å². The number of benzene rings is 2. The standard InChI is InChI=1S/C19H19N3O6S2/c1-26-14-9-12(10-15(27-2)17(14)28-3)18(23)20-19-22-21-16(29-19)11-30(24,25)13-7-5-4-6-8-13/h4-10H,11H2,1-3H3,(H,20,22,23). The number of nitrogens with zero attached hydrogens (tertiary/aromatic N) is 2. The SMILES string of the molecule is COc1cc(C(=O)Nc2nnc(CS(=O)(=O)c3ccccc3)s2)cc(OC)c1OC. The van der Waals surface area contributed by atoms with Crippen molar-refractivity contribution in [3.05, 3.63) is 53.0 Å². The third-order valence-corrected chi connectivity index (χ3v) is 6.70. The summed E-state index contributed by atoms with van der Waals surface area (Å²) in [5.41, 5.74) is 0.248. The molecule has 2 aromatic carbocycles. The predicted octanol–water partition coefficient (Wildman–Crippen LogP) is 2.79. The largest absolute Gasteiger partial charge is 0.493 e. The van der Waals surface area contributed by atoms with Gasteiger partial charge in [0.15, 0.2) is 21.3 Å². The molecule has 0 aliphatic heterocycles. The van der Waals surface area contributed by atoms with Gasteiger partial charge >= 0.3 is 0 Å². The Labute approximate surface area is 177 Å². The second-order valence-corrected chi connectivity index (χ2v) is 8.99. The minimum absolute atomic E-state index is 0.173. The van der Waals surface area contributed by atoms with Crippen LogP contribution >= 0.6 is 11.3 Å². The summed E-state index contributed by atoms with van der Waals surface area (Å²) in [6.45, 7) is 0. The lowest BCUT2D eigenvalue weighted by atomic mass is 10.1. The Morgan fingerprint density at radius 2 is 1.63 bits per heavy atom. The first kappa shape index (κ1) is 21.5. The summed E-state index contributed by atoms with van der Waals surface area (Å²) in [5, 5.41) is 10.8. The van der Waals surface area contributed by atoms with E-state index in [0.29, 0.717) is 17.2 Å². The number of carbonyl (C=O) groups excluding carboxylic acids is 1. The smallest absolute Gasteiger partial charge is 0.257 e. The van der Waals surface area contributed by atoms with Crippen molar-refractivity contribution in [1.82, 2.24) is 10.2 Å². The van der Waals surface area contributed by atoms with Gasteiger partial charge in [0.05, 0.1) is 26.2 Å². The average Bonchev–Trinajstić information content (AvgIpc) is 3.18. The molecule has 1 heterocycles. The number of hydrogen-bond donors (Lipinski definition) is 1. The molecule has 0 aliphatic rings. The first-order chi connectivity index (χ1) is 14.4. The molecule has 0 saturated heterocycles. The number of methoxy groups -OCH3 is 3. The number of hydrogen-bond acceptors (Lipinski definition) is 9. The van der Waals surface area contributed by atoms with Crippen LogP contribution in [0.4, 0.5) is 5.13 Å². The summed E-state index contributed by atoms with van der Waals surface area (Å²) in [6.07, 6.45) is 0. The van der Waals surface area contributed by atoms with Gasteiger partial charge < -0.3 is 14.2 Å². The highest BCUT2D eigenvalue weighted by atomic mass is 32.2. The van der Waals surface area contributed by atoms with E-state index in [1.54, 1.807) is 18.2 Å². The van der Waals surface area contributed by atoms with Crippen molar-refractivity contribution in [3.63, 3.8) is 0 Å². The summed E-state index contributed by atoms with van der Waals surface area (Å²) in [6, 6.07) is 11.1. The molecular formula is C19H19N3O6S2. The van der Waals surface area contributed by atoms with E-state index in [9.17, 15) is 13.2 Å². The third-order valence-electron chi connectivity index (χ3n) is 4.03. The fourth-order valence-corrected chi connectivity index (χ4v) is 4.97. The Morgan fingerprint density at radius 1 is 1.00 bits per heavy atom. The zero-order valence-corrected chi connectivity index (χ0v) is 18.0. The minimum Gasteiger partial charge on any atom is -0.493 e. The number of ether oxygens (including phenoxy) is 3. The predicted molar refractivity (Wildman–Crippen MR) is 111 cm³/mol. The highest BCUT2D eigenvalue weighted by Gasteiger charge is 2.20. The molecular weight excluding hydrogens is 430 g/mol. The summed E-state index contributed by atoms with van der Waals surface area (Å²) in [7, 11) is 0.802. The normalized spacial score (nSPS) is 11.0. The fraction of sp³-hybridized carbons (Fsp3) is 0.211. The number of carbonyl (C=O) groups is 1. The molecule has 30 heavy (non-hydrogen) atoms. The van der Waals surface area contributed by atoms with Crippen molar-refractivity contribution in [2.24, 2.45) is 0 Å². The van der Waals surface area contributed by atoms with Crippen LogP contribution in [-0.2, 0) is 15.6 Å². The van der Waals surface area contributed by atoms with Crippen molar-refractivity contribution in [3.8, 4) is 17.2 Å². The van der Waals surface area contributed by atoms with E-state index in [2.05, 4.69) is 15.5 Å². The van der Waals surface area contributed by atoms with Gasteiger partial charge in [0.1, 0.15) is 10.8 Å². The first-order valence-electron chi connectivity index (χ1n) is 8.59. The van der Waals surface area contributed by atoms with Crippen LogP contribution in [0.25, 0.3) is 0 Å². The van der Waals surface area contributed by atoms with Crippen LogP contribution in [0.3, 0.4) is 0 Å². The molecule has 0 fully saturated rings. The topological polar surface area (TPSA) is 117 Å². The van der Waals surface area contributed by atoms with Crippen LogP contribution in [0, 0.1) is 0 Å². The molecule has 0 aliphatic carbocycles. The molecule has 1 aromatic heterocycles. The van der Waals surface area contributed by atoms with E-state index in [1.165, 1.54) is 45.6 Å². The van der Waals surface area contributed by atoms with E-state index in [0.717, 1.165) is 11.3 Å². The van der Waals surface area contributed by atoms with E-state index < -0.39 is 15.7 Å². The number of rotatable bonds is 8. The van der Waals surface area contributed by atoms with E-state index in [1.807, 2.05) is 0 Å². The molecule has 11 heteroatoms. The number of aromatic nitrogens is 2. The molecule has 0 saturated carbocycles. The lowest BCUT2D eigenvalue weighted by Gasteiger charge is -2.13. The van der Waals surface area contributed by atoms with Gasteiger partial charge in [-0.15, -0.1) is 10.2 Å². The fourth-order valence-electron chi connectivity index (χ4n) is 2.62. The van der Waals surface area contributed by atoms with E-state index >= 15 is 0 Å². The lowest BCUT2D eigenvalue weighted by Crippen LogP contribution is -2.12. The molecule has 9 nitrogen and oxygen atoms in total. The molecule has 3 aromatic rings. The molecule has 0 spiro atoms. The van der Waals surface area contributed by atoms with Crippen molar-refractivity contribution in [2.45, 2.75) is 10.6 Å². The first-order valence-corrected chi connectivity index (χ1v) is 11.1. The average molecular weight is 450 g/mol. The van der Waals surface area contributed by atoms with Crippen molar-refractivity contribution >= 4 is 32.2 Å². The highest BCUT2D eigenvalue weighted by molar-refractivity contribution is 7.90. The summed E-state index contributed by atoms with van der Waals surface area (Å²) in [4.78, 5) is 12.8. The van der Waals surface area contributed by atoms with Crippen LogP contribution < -0.4 is 19.5 Å². The Balaban J connectivity index is 1.77. The van der Waals surface area contributed by atoms with Gasteiger partial charge in [-0.25, -0.2) is 8.42 Å². The maximum absolute atomic E-state index is 12.6. The number of anilines is 1. The lowest BCUT2D eigenvalue weighted by molar-refractivity contribution is 0.102. The second kappa shape index (κ2) is 9.09. The zero-order chi connectivity index (χ0) is 21.7. The van der Waals surface area contributed by atoms with Gasteiger partial charge in [-0.05, 0) is 24.3 Å². The van der Waals surface area contributed by atoms with Gasteiger partial charge in [-0.2, -0.15) is 0 Å². The molecule has 3 rings (SSSR count). The summed E-state index contributed by atoms with van der Waals surface area (Å²) < 4.78 is 40.7. The number of nitrogens with one attached hydrogen (secondary N) is 1. The Hall–Kier alpha value is -3.18. The van der Waals surface area contributed by atoms with Crippen LogP contribution in [-0.4, -0.2) is 45.9 Å². The maximum Gasteiger partial charge on any atom is 0.257 e. The summed E-state index contributed by atoms with van der Waals surface area (Å²) in [5.74, 6) is 0.223. The molecule has 0 radical (unpaired) electrons. The van der Waals surface area contributed by atoms with Crippen molar-refractivity contribution in [2.75, 3.05) is 26.6 Å². The second-order valence-electron chi connectivity index (χ2n) is 5.94. The van der Waals surface area contributed by atoms with Crippen LogP contribution in [0.2, 0.25) is 0 Å². The highest BCUT2D eigenvalue weighted by Crippen LogP contribution is 2.38. The van der Waals surface area contributed by atoms with E-state index in [-0.39, 0.29) is 26.4 Å². The molecule has 1 amide bonds.